The normalized spacial score (nSPS) is 14.1. The molecule has 0 aromatic carbocycles. The molecule has 0 saturated heterocycles. The molecule has 0 rings (SSSR count). The van der Waals surface area contributed by atoms with E-state index in [1.165, 1.54) is 263 Å². The Kier molecular flexibility index (Phi) is 62.8. The number of allylic oxidation sites excluding steroid dienone is 11. The average molecular weight is 1180 g/mol. The quantitative estimate of drug-likeness (QED) is 0.0272. The average Bonchev–Trinajstić information content (AvgIpc) is 3.50. The highest BCUT2D eigenvalue weighted by Crippen LogP contribution is 2.38. The first kappa shape index (κ1) is 80.9. The highest BCUT2D eigenvalue weighted by molar-refractivity contribution is 7.45. The number of hydrogen-bond acceptors (Lipinski definition) is 6. The molecule has 0 heterocycles. The van der Waals surface area contributed by atoms with Crippen LogP contribution in [0.1, 0.15) is 341 Å². The van der Waals surface area contributed by atoms with Crippen LogP contribution in [0.3, 0.4) is 0 Å². The van der Waals surface area contributed by atoms with Crippen molar-refractivity contribution >= 4 is 13.7 Å². The Hall–Kier alpha value is -2.06. The molecule has 0 bridgehead atoms. The first-order chi connectivity index (χ1) is 40.5. The zero-order valence-electron chi connectivity index (χ0n) is 55.6. The molecule has 2 N–H and O–H groups in total. The summed E-state index contributed by atoms with van der Waals surface area (Å²) in [5.74, 6) is -0.206. The molecule has 1 amide bonds. The van der Waals surface area contributed by atoms with Crippen LogP contribution in [0.15, 0.2) is 72.9 Å². The van der Waals surface area contributed by atoms with Gasteiger partial charge >= 0.3 is 0 Å². The van der Waals surface area contributed by atoms with Crippen LogP contribution >= 0.6 is 7.82 Å². The van der Waals surface area contributed by atoms with Gasteiger partial charge in [0.25, 0.3) is 7.82 Å². The summed E-state index contributed by atoms with van der Waals surface area (Å²) in [6, 6.07) is -0.912. The molecule has 0 aliphatic carbocycles. The fourth-order valence-electron chi connectivity index (χ4n) is 10.5. The SMILES string of the molecule is CCCCCCC/C=C\C/C=C\C/C=C\CCCCCCCCCCCCCCCCCCCCCCCCCCC(=O)NC(COP(=O)([O-])OCC[N+](C)(C)C)C(O)/C=C/CC/C=C/CC/C=C/CCCCCCCCCCCCCC. The lowest BCUT2D eigenvalue weighted by atomic mass is 10.0. The van der Waals surface area contributed by atoms with Crippen molar-refractivity contribution in [3.63, 3.8) is 0 Å². The lowest BCUT2D eigenvalue weighted by Gasteiger charge is -2.29. The van der Waals surface area contributed by atoms with Crippen molar-refractivity contribution in [2.75, 3.05) is 40.9 Å². The summed E-state index contributed by atoms with van der Waals surface area (Å²) >= 11 is 0. The molecule has 0 aliphatic rings. The summed E-state index contributed by atoms with van der Waals surface area (Å²) in [5, 5.41) is 13.9. The summed E-state index contributed by atoms with van der Waals surface area (Å²) in [6.45, 7) is 4.64. The van der Waals surface area contributed by atoms with Gasteiger partial charge in [-0.2, -0.15) is 0 Å². The van der Waals surface area contributed by atoms with Gasteiger partial charge < -0.3 is 28.8 Å². The summed E-state index contributed by atoms with van der Waals surface area (Å²) in [6.07, 6.45) is 90.4. The molecule has 0 spiro atoms. The molecule has 3 unspecified atom stereocenters. The molecule has 0 aliphatic heterocycles. The molecular formula is C74H139N2O6P. The maximum absolute atomic E-state index is 13.0. The first-order valence-electron chi connectivity index (χ1n) is 35.8. The van der Waals surface area contributed by atoms with Crippen molar-refractivity contribution in [1.29, 1.82) is 0 Å². The summed E-state index contributed by atoms with van der Waals surface area (Å²) in [5.41, 5.74) is 0. The number of unbranched alkanes of at least 4 members (excludes halogenated alkanes) is 43. The van der Waals surface area contributed by atoms with Gasteiger partial charge in [-0.25, -0.2) is 0 Å². The van der Waals surface area contributed by atoms with E-state index in [4.69, 9.17) is 9.05 Å². The second kappa shape index (κ2) is 64.4. The Bertz CT molecular complexity index is 1580. The highest BCUT2D eigenvalue weighted by Gasteiger charge is 2.23. The molecule has 3 atom stereocenters. The maximum atomic E-state index is 13.0. The predicted molar refractivity (Wildman–Crippen MR) is 362 cm³/mol. The van der Waals surface area contributed by atoms with Gasteiger partial charge in [-0.3, -0.25) is 9.36 Å². The van der Waals surface area contributed by atoms with Crippen molar-refractivity contribution in [1.82, 2.24) is 5.32 Å². The number of carbonyl (C=O) groups is 1. The number of rotatable bonds is 66. The van der Waals surface area contributed by atoms with Crippen LogP contribution in [0.2, 0.25) is 0 Å². The maximum Gasteiger partial charge on any atom is 0.268 e. The lowest BCUT2D eigenvalue weighted by molar-refractivity contribution is -0.870. The number of quaternary nitrogens is 1. The number of phosphoric acid groups is 1. The number of carbonyl (C=O) groups excluding carboxylic acids is 1. The highest BCUT2D eigenvalue weighted by atomic mass is 31.2. The molecule has 9 heteroatoms. The van der Waals surface area contributed by atoms with E-state index < -0.39 is 26.6 Å². The Morgan fingerprint density at radius 3 is 1.06 bits per heavy atom. The van der Waals surface area contributed by atoms with Gasteiger partial charge in [0.05, 0.1) is 39.9 Å². The van der Waals surface area contributed by atoms with Gasteiger partial charge in [0.1, 0.15) is 13.2 Å². The minimum atomic E-state index is -4.62. The Balaban J connectivity index is 4.00. The van der Waals surface area contributed by atoms with Gasteiger partial charge in [-0.1, -0.05) is 324 Å². The molecular weight excluding hydrogens is 1040 g/mol. The second-order valence-electron chi connectivity index (χ2n) is 25.6. The smallest absolute Gasteiger partial charge is 0.268 e. The number of aliphatic hydroxyl groups excluding tert-OH is 1. The Morgan fingerprint density at radius 1 is 0.422 bits per heavy atom. The van der Waals surface area contributed by atoms with Crippen LogP contribution in [-0.2, 0) is 18.4 Å². The van der Waals surface area contributed by atoms with E-state index in [0.717, 1.165) is 57.8 Å². The van der Waals surface area contributed by atoms with Gasteiger partial charge in [-0.15, -0.1) is 0 Å². The standard InChI is InChI=1S/C74H139N2O6P/c1-6-8-10-12-14-16-18-20-22-24-26-28-30-31-32-33-34-35-36-37-38-39-40-41-42-43-44-45-46-48-50-52-54-56-58-60-62-64-66-68-74(78)75-72(71-82-83(79,80)81-70-69-76(3,4)5)73(77)67-65-63-61-59-57-55-53-51-49-47-29-27-25-23-21-19-17-15-13-11-9-7-2/h18,20,24,26,30-31,49,51,57,59,65,67,72-73,77H,6-17,19,21-23,25,27-29,32-48,50,52-56,58,60-64,66,68-71H2,1-5H3,(H-,75,78,79,80)/b20-18-,26-24-,31-30-,51-49+,59-57+,67-65+. The third-order valence-corrected chi connectivity index (χ3v) is 17.1. The van der Waals surface area contributed by atoms with Crippen LogP contribution in [0.25, 0.3) is 0 Å². The number of aliphatic hydroxyl groups is 1. The number of nitrogens with one attached hydrogen (secondary N) is 1. The van der Waals surface area contributed by atoms with Gasteiger partial charge in [0.2, 0.25) is 5.91 Å². The van der Waals surface area contributed by atoms with Crippen LogP contribution in [0.5, 0.6) is 0 Å². The van der Waals surface area contributed by atoms with Crippen LogP contribution < -0.4 is 10.2 Å². The topological polar surface area (TPSA) is 108 Å². The van der Waals surface area contributed by atoms with E-state index >= 15 is 0 Å². The van der Waals surface area contributed by atoms with Crippen LogP contribution in [0, 0.1) is 0 Å². The lowest BCUT2D eigenvalue weighted by Crippen LogP contribution is -2.45. The van der Waals surface area contributed by atoms with Crippen molar-refractivity contribution in [3.8, 4) is 0 Å². The van der Waals surface area contributed by atoms with Gasteiger partial charge in [-0.05, 0) is 83.5 Å². The van der Waals surface area contributed by atoms with Crippen LogP contribution in [0.4, 0.5) is 0 Å². The number of likely N-dealkylation sites (N-methyl/N-ethyl adjacent to an activating group) is 1. The van der Waals surface area contributed by atoms with E-state index in [0.29, 0.717) is 17.4 Å². The number of nitrogens with zero attached hydrogens (tertiary/aromatic N) is 1. The Morgan fingerprint density at radius 2 is 0.711 bits per heavy atom. The third kappa shape index (κ3) is 67.3. The first-order valence-corrected chi connectivity index (χ1v) is 37.3. The molecule has 83 heavy (non-hydrogen) atoms. The van der Waals surface area contributed by atoms with E-state index in [9.17, 15) is 19.4 Å². The summed E-state index contributed by atoms with van der Waals surface area (Å²) in [4.78, 5) is 25.6. The molecule has 486 valence electrons. The van der Waals surface area contributed by atoms with E-state index in [2.05, 4.69) is 79.9 Å². The molecule has 0 fully saturated rings. The van der Waals surface area contributed by atoms with Crippen molar-refractivity contribution in [2.45, 2.75) is 353 Å². The molecule has 8 nitrogen and oxygen atoms in total. The zero-order valence-corrected chi connectivity index (χ0v) is 56.5. The monoisotopic (exact) mass is 1180 g/mol. The van der Waals surface area contributed by atoms with E-state index in [1.54, 1.807) is 6.08 Å². The zero-order chi connectivity index (χ0) is 60.5. The molecule has 0 radical (unpaired) electrons. The number of hydrogen-bond donors (Lipinski definition) is 2. The molecule has 0 aromatic rings. The fraction of sp³-hybridized carbons (Fsp3) is 0.824. The van der Waals surface area contributed by atoms with Crippen molar-refractivity contribution in [3.05, 3.63) is 72.9 Å². The predicted octanol–water partition coefficient (Wildman–Crippen LogP) is 22.3. The minimum absolute atomic E-state index is 0.00916. The van der Waals surface area contributed by atoms with Crippen LogP contribution in [-0.4, -0.2) is 68.5 Å². The molecule has 0 aromatic heterocycles. The largest absolute Gasteiger partial charge is 0.756 e. The summed E-state index contributed by atoms with van der Waals surface area (Å²) < 4.78 is 23.4. The summed E-state index contributed by atoms with van der Waals surface area (Å²) in [7, 11) is 1.24. The van der Waals surface area contributed by atoms with E-state index in [1.807, 2.05) is 27.2 Å². The van der Waals surface area contributed by atoms with Gasteiger partial charge in [0.15, 0.2) is 0 Å². The third-order valence-electron chi connectivity index (χ3n) is 16.1. The Labute approximate surface area is 516 Å². The second-order valence-corrected chi connectivity index (χ2v) is 27.0. The number of amides is 1. The van der Waals surface area contributed by atoms with Gasteiger partial charge in [0, 0.05) is 6.42 Å². The molecule has 0 saturated carbocycles. The fourth-order valence-corrected chi connectivity index (χ4v) is 11.3. The van der Waals surface area contributed by atoms with E-state index in [-0.39, 0.29) is 12.5 Å². The van der Waals surface area contributed by atoms with Crippen molar-refractivity contribution in [2.24, 2.45) is 0 Å². The van der Waals surface area contributed by atoms with Crippen molar-refractivity contribution < 1.29 is 32.9 Å². The minimum Gasteiger partial charge on any atom is -0.756 e. The number of phosphoric ester groups is 1.